The van der Waals surface area contributed by atoms with Gasteiger partial charge >= 0.3 is 16.2 Å². The number of carbonyl (C=O) groups excluding carboxylic acids is 1. The number of rotatable bonds is 9. The second-order valence-electron chi connectivity index (χ2n) is 8.51. The van der Waals surface area contributed by atoms with Crippen LogP contribution in [0.4, 0.5) is 0 Å². The monoisotopic (exact) mass is 540 g/mol. The topological polar surface area (TPSA) is 148 Å². The van der Waals surface area contributed by atoms with Crippen LogP contribution < -0.4 is 4.72 Å². The number of aliphatic hydroxyl groups excluding tert-OH is 1. The third-order valence-corrected chi connectivity index (χ3v) is 7.56. The number of nitriles is 1. The molecule has 1 aliphatic heterocycles. The largest absolute Gasteiger partial charge is 0.465 e. The van der Waals surface area contributed by atoms with Gasteiger partial charge in [-0.1, -0.05) is 49.4 Å². The molecule has 1 heterocycles. The molecule has 2 aromatic carbocycles. The number of carbonyl (C=O) groups is 1. The van der Waals surface area contributed by atoms with Crippen molar-refractivity contribution in [1.29, 1.82) is 5.26 Å². The third-order valence-electron chi connectivity index (χ3n) is 6.02. The summed E-state index contributed by atoms with van der Waals surface area (Å²) in [5, 5.41) is 25.5. The number of nitrogens with one attached hydrogen (secondary N) is 1. The highest BCUT2D eigenvalue weighted by atomic mass is 32.2. The van der Waals surface area contributed by atoms with E-state index in [4.69, 9.17) is 15.1 Å². The molecule has 0 bridgehead atoms. The molecule has 3 rings (SSSR count). The van der Waals surface area contributed by atoms with Crippen LogP contribution in [0.1, 0.15) is 43.4 Å². The quantitative estimate of drug-likeness (QED) is 0.280. The summed E-state index contributed by atoms with van der Waals surface area (Å²) in [7, 11) is -2.93. The van der Waals surface area contributed by atoms with Crippen LogP contribution in [0.25, 0.3) is 0 Å². The van der Waals surface area contributed by atoms with Gasteiger partial charge in [-0.2, -0.15) is 23.1 Å². The van der Waals surface area contributed by atoms with Gasteiger partial charge in [-0.05, 0) is 37.1 Å². The van der Waals surface area contributed by atoms with Crippen LogP contribution in [0, 0.1) is 11.3 Å². The smallest absolute Gasteiger partial charge is 0.327 e. The second kappa shape index (κ2) is 12.6. The Kier molecular flexibility index (Phi) is 9.57. The Labute approximate surface area is 223 Å². The number of nitrogens with zero attached hydrogens (tertiary/aromatic N) is 5. The molecule has 202 valence electrons. The molecule has 2 aromatic rings. The average Bonchev–Trinajstić information content (AvgIpc) is 3.36. The molecular formula is C26H32N6O5S. The molecular weight excluding hydrogens is 508 g/mol. The Bertz CT molecular complexity index is 1320. The minimum Gasteiger partial charge on any atom is -0.465 e. The molecule has 2 N–H and O–H groups in total. The van der Waals surface area contributed by atoms with Gasteiger partial charge in [0.05, 0.1) is 36.6 Å². The molecule has 0 spiro atoms. The van der Waals surface area contributed by atoms with Gasteiger partial charge in [0.15, 0.2) is 0 Å². The van der Waals surface area contributed by atoms with Crippen molar-refractivity contribution in [2.45, 2.75) is 38.8 Å². The van der Waals surface area contributed by atoms with E-state index < -0.39 is 28.3 Å². The summed E-state index contributed by atoms with van der Waals surface area (Å²) in [5.74, 6) is -1.12. The molecule has 0 saturated carbocycles. The van der Waals surface area contributed by atoms with E-state index in [2.05, 4.69) is 15.8 Å². The molecule has 3 unspecified atom stereocenters. The van der Waals surface area contributed by atoms with Crippen molar-refractivity contribution in [3.8, 4) is 6.07 Å². The van der Waals surface area contributed by atoms with E-state index in [-0.39, 0.29) is 25.0 Å². The molecule has 12 heteroatoms. The molecule has 0 saturated heterocycles. The van der Waals surface area contributed by atoms with Crippen LogP contribution in [0.5, 0.6) is 0 Å². The first-order chi connectivity index (χ1) is 18.2. The van der Waals surface area contributed by atoms with Gasteiger partial charge in [-0.3, -0.25) is 9.79 Å². The van der Waals surface area contributed by atoms with Gasteiger partial charge in [-0.15, -0.1) is 0 Å². The Morgan fingerprint density at radius 1 is 1.26 bits per heavy atom. The summed E-state index contributed by atoms with van der Waals surface area (Å²) in [6.45, 7) is 4.70. The zero-order chi connectivity index (χ0) is 27.9. The van der Waals surface area contributed by atoms with Gasteiger partial charge in [-0.25, -0.2) is 9.73 Å². The van der Waals surface area contributed by atoms with Gasteiger partial charge in [0.2, 0.25) is 5.96 Å². The standard InChI is InChI=1S/C26H32N6O5S/c1-5-32(24(18(3)33)25(34)37-6-2)38(35,36)30-26(28-4)31-17-22(20-10-8-7-9-11-20)23(29-31)21-14-12-19(16-27)13-15-21/h7-15,18,22,24,33H,5-6,17H2,1-4H3,(H,28,30). The van der Waals surface area contributed by atoms with E-state index in [1.54, 1.807) is 38.1 Å². The summed E-state index contributed by atoms with van der Waals surface area (Å²) in [6.07, 6.45) is -1.32. The SMILES string of the molecule is CCOC(=O)C(C(C)O)N(CC)S(=O)(=O)NC(=NC)N1CC(c2ccccc2)C(c2ccc(C#N)cc2)=N1. The number of esters is 1. The molecule has 0 radical (unpaired) electrons. The maximum absolute atomic E-state index is 13.4. The molecule has 0 fully saturated rings. The van der Waals surface area contributed by atoms with Crippen LogP contribution in [-0.2, 0) is 19.7 Å². The molecule has 38 heavy (non-hydrogen) atoms. The normalized spacial score (nSPS) is 17.5. The number of likely N-dealkylation sites (N-methyl/N-ethyl adjacent to an activating group) is 1. The zero-order valence-electron chi connectivity index (χ0n) is 21.8. The number of hydrogen-bond acceptors (Lipinski definition) is 8. The van der Waals surface area contributed by atoms with Gasteiger partial charge < -0.3 is 9.84 Å². The predicted molar refractivity (Wildman–Crippen MR) is 143 cm³/mol. The van der Waals surface area contributed by atoms with E-state index in [1.807, 2.05) is 30.3 Å². The van der Waals surface area contributed by atoms with Crippen LogP contribution in [0.15, 0.2) is 64.7 Å². The fraction of sp³-hybridized carbons (Fsp3) is 0.385. The van der Waals surface area contributed by atoms with Crippen LogP contribution >= 0.6 is 0 Å². The number of ether oxygens (including phenoxy) is 1. The third kappa shape index (κ3) is 6.36. The van der Waals surface area contributed by atoms with E-state index in [9.17, 15) is 18.3 Å². The molecule has 1 aliphatic rings. The lowest BCUT2D eigenvalue weighted by molar-refractivity contribution is -0.151. The van der Waals surface area contributed by atoms with Gasteiger partial charge in [0.25, 0.3) is 0 Å². The lowest BCUT2D eigenvalue weighted by Crippen LogP contribution is -2.56. The lowest BCUT2D eigenvalue weighted by Gasteiger charge is -2.31. The Morgan fingerprint density at radius 3 is 2.45 bits per heavy atom. The summed E-state index contributed by atoms with van der Waals surface area (Å²) in [6, 6.07) is 17.3. The maximum atomic E-state index is 13.4. The van der Waals surface area contributed by atoms with Crippen molar-refractivity contribution in [2.24, 2.45) is 10.1 Å². The van der Waals surface area contributed by atoms with Crippen molar-refractivity contribution in [3.63, 3.8) is 0 Å². The highest BCUT2D eigenvalue weighted by Gasteiger charge is 2.40. The lowest BCUT2D eigenvalue weighted by atomic mass is 9.90. The minimum atomic E-state index is -4.36. The molecule has 0 aliphatic carbocycles. The summed E-state index contributed by atoms with van der Waals surface area (Å²) in [4.78, 5) is 16.6. The van der Waals surface area contributed by atoms with Crippen LogP contribution in [0.3, 0.4) is 0 Å². The minimum absolute atomic E-state index is 0.0379. The highest BCUT2D eigenvalue weighted by Crippen LogP contribution is 2.29. The second-order valence-corrected chi connectivity index (χ2v) is 10.1. The molecule has 0 aromatic heterocycles. The highest BCUT2D eigenvalue weighted by molar-refractivity contribution is 7.87. The molecule has 0 amide bonds. The number of hydrogen-bond donors (Lipinski definition) is 2. The van der Waals surface area contributed by atoms with Crippen molar-refractivity contribution in [2.75, 3.05) is 26.7 Å². The van der Waals surface area contributed by atoms with Gasteiger partial charge in [0.1, 0.15) is 6.04 Å². The van der Waals surface area contributed by atoms with E-state index >= 15 is 0 Å². The van der Waals surface area contributed by atoms with Crippen LogP contribution in [-0.4, -0.2) is 79.4 Å². The van der Waals surface area contributed by atoms with Crippen molar-refractivity contribution < 1.29 is 23.1 Å². The first kappa shape index (κ1) is 28.8. The number of aliphatic hydroxyl groups is 1. The first-order valence-electron chi connectivity index (χ1n) is 12.2. The van der Waals surface area contributed by atoms with Crippen molar-refractivity contribution in [3.05, 3.63) is 71.3 Å². The number of benzene rings is 2. The van der Waals surface area contributed by atoms with E-state index in [0.717, 1.165) is 15.4 Å². The van der Waals surface area contributed by atoms with Crippen molar-refractivity contribution >= 4 is 27.8 Å². The average molecular weight is 541 g/mol. The Hall–Kier alpha value is -3.79. The zero-order valence-corrected chi connectivity index (χ0v) is 22.6. The first-order valence-corrected chi connectivity index (χ1v) is 13.6. The fourth-order valence-electron chi connectivity index (χ4n) is 4.24. The van der Waals surface area contributed by atoms with Gasteiger partial charge in [0, 0.05) is 19.5 Å². The number of guanidine groups is 1. The molecule has 3 atom stereocenters. The summed E-state index contributed by atoms with van der Waals surface area (Å²) < 4.78 is 35.1. The van der Waals surface area contributed by atoms with E-state index in [1.165, 1.54) is 19.0 Å². The van der Waals surface area contributed by atoms with Crippen LogP contribution in [0.2, 0.25) is 0 Å². The number of aliphatic imine (C=N–C) groups is 1. The predicted octanol–water partition coefficient (Wildman–Crippen LogP) is 1.82. The summed E-state index contributed by atoms with van der Waals surface area (Å²) in [5.41, 5.74) is 2.95. The maximum Gasteiger partial charge on any atom is 0.327 e. The molecule has 11 nitrogen and oxygen atoms in total. The Morgan fingerprint density at radius 2 is 1.92 bits per heavy atom. The van der Waals surface area contributed by atoms with Crippen molar-refractivity contribution in [1.82, 2.24) is 14.0 Å². The Balaban J connectivity index is 1.96. The fourth-order valence-corrected chi connectivity index (χ4v) is 5.69. The summed E-state index contributed by atoms with van der Waals surface area (Å²) >= 11 is 0. The number of hydrazone groups is 1. The van der Waals surface area contributed by atoms with E-state index in [0.29, 0.717) is 17.8 Å².